The molecule has 0 unspecified atom stereocenters. The molecular weight excluding hydrogens is 314 g/mol. The largest absolute Gasteiger partial charge is 0.482 e. The number of ether oxygens (including phenoxy) is 1. The highest BCUT2D eigenvalue weighted by molar-refractivity contribution is 7.80. The maximum Gasteiger partial charge on any atom is 0.264 e. The van der Waals surface area contributed by atoms with Gasteiger partial charge < -0.3 is 4.74 Å². The number of carbonyl (C=O) groups is 2. The minimum absolute atomic E-state index is 0.0109. The first-order chi connectivity index (χ1) is 10.1. The molecule has 6 nitrogen and oxygen atoms in total. The van der Waals surface area contributed by atoms with Gasteiger partial charge >= 0.3 is 0 Å². The van der Waals surface area contributed by atoms with Crippen molar-refractivity contribution in [2.45, 2.75) is 12.8 Å². The summed E-state index contributed by atoms with van der Waals surface area (Å²) >= 11 is 10.8. The molecule has 0 radical (unpaired) electrons. The monoisotopic (exact) mass is 327 g/mol. The maximum atomic E-state index is 11.6. The van der Waals surface area contributed by atoms with Crippen molar-refractivity contribution in [3.05, 3.63) is 29.3 Å². The molecule has 2 rings (SSSR count). The molecule has 1 saturated carbocycles. The second-order valence-corrected chi connectivity index (χ2v) is 5.30. The fourth-order valence-corrected chi connectivity index (χ4v) is 1.82. The van der Waals surface area contributed by atoms with E-state index in [-0.39, 0.29) is 23.5 Å². The third-order valence-electron chi connectivity index (χ3n) is 2.70. The van der Waals surface area contributed by atoms with Crippen LogP contribution in [0.5, 0.6) is 5.75 Å². The quantitative estimate of drug-likeness (QED) is 0.571. The highest BCUT2D eigenvalue weighted by Crippen LogP contribution is 2.28. The first-order valence-electron chi connectivity index (χ1n) is 6.33. The fourth-order valence-electron chi connectivity index (χ4n) is 1.46. The average molecular weight is 328 g/mol. The number of para-hydroxylation sites is 1. The Morgan fingerprint density at radius 3 is 2.67 bits per heavy atom. The molecule has 0 atom stereocenters. The summed E-state index contributed by atoms with van der Waals surface area (Å²) in [5.74, 6) is -0.109. The molecular formula is C13H14ClN3O3S. The van der Waals surface area contributed by atoms with Gasteiger partial charge in [-0.1, -0.05) is 23.7 Å². The summed E-state index contributed by atoms with van der Waals surface area (Å²) in [6, 6.07) is 6.83. The number of hydrogen-bond acceptors (Lipinski definition) is 4. The maximum absolute atomic E-state index is 11.6. The van der Waals surface area contributed by atoms with E-state index in [1.807, 2.05) is 0 Å². The summed E-state index contributed by atoms with van der Waals surface area (Å²) in [7, 11) is 0. The summed E-state index contributed by atoms with van der Waals surface area (Å²) in [6.45, 7) is -0.234. The van der Waals surface area contributed by atoms with E-state index in [0.717, 1.165) is 12.8 Å². The van der Waals surface area contributed by atoms with Crippen molar-refractivity contribution in [3.8, 4) is 5.75 Å². The van der Waals surface area contributed by atoms with Crippen LogP contribution in [-0.2, 0) is 9.59 Å². The van der Waals surface area contributed by atoms with Gasteiger partial charge in [0.25, 0.3) is 5.91 Å². The van der Waals surface area contributed by atoms with Crippen molar-refractivity contribution < 1.29 is 14.3 Å². The zero-order valence-corrected chi connectivity index (χ0v) is 12.6. The van der Waals surface area contributed by atoms with Crippen molar-refractivity contribution in [1.82, 2.24) is 16.2 Å². The molecule has 0 aromatic heterocycles. The lowest BCUT2D eigenvalue weighted by Crippen LogP contribution is -2.49. The number of rotatable bonds is 4. The fraction of sp³-hybridized carbons (Fsp3) is 0.308. The minimum atomic E-state index is -0.451. The molecule has 21 heavy (non-hydrogen) atoms. The number of halogens is 1. The van der Waals surface area contributed by atoms with Crippen molar-refractivity contribution in [3.63, 3.8) is 0 Å². The van der Waals surface area contributed by atoms with Gasteiger partial charge in [0.1, 0.15) is 5.75 Å². The summed E-state index contributed by atoms with van der Waals surface area (Å²) in [4.78, 5) is 23.0. The van der Waals surface area contributed by atoms with Gasteiger partial charge in [0.05, 0.1) is 5.02 Å². The summed E-state index contributed by atoms with van der Waals surface area (Å²) < 4.78 is 5.25. The van der Waals surface area contributed by atoms with Gasteiger partial charge in [-0.3, -0.25) is 25.8 Å². The van der Waals surface area contributed by atoms with Crippen LogP contribution in [0.25, 0.3) is 0 Å². The van der Waals surface area contributed by atoms with E-state index in [0.29, 0.717) is 10.8 Å². The number of hydrazine groups is 1. The van der Waals surface area contributed by atoms with E-state index in [1.54, 1.807) is 24.3 Å². The molecule has 112 valence electrons. The number of carbonyl (C=O) groups excluding carboxylic acids is 2. The highest BCUT2D eigenvalue weighted by atomic mass is 35.5. The lowest BCUT2D eigenvalue weighted by atomic mass is 10.3. The first-order valence-corrected chi connectivity index (χ1v) is 7.12. The SMILES string of the molecule is O=C(COc1ccccc1Cl)NC(=S)NNC(=O)C1CC1. The van der Waals surface area contributed by atoms with Crippen molar-refractivity contribution in [2.24, 2.45) is 5.92 Å². The predicted molar refractivity (Wildman–Crippen MR) is 81.7 cm³/mol. The van der Waals surface area contributed by atoms with Crippen LogP contribution in [-0.4, -0.2) is 23.5 Å². The van der Waals surface area contributed by atoms with Crippen LogP contribution in [0.2, 0.25) is 5.02 Å². The van der Waals surface area contributed by atoms with Crippen LogP contribution in [0.3, 0.4) is 0 Å². The number of benzene rings is 1. The molecule has 1 aliphatic rings. The molecule has 1 aliphatic carbocycles. The van der Waals surface area contributed by atoms with Gasteiger partial charge in [-0.25, -0.2) is 0 Å². The zero-order chi connectivity index (χ0) is 15.2. The molecule has 0 saturated heterocycles. The van der Waals surface area contributed by atoms with Gasteiger partial charge in [0, 0.05) is 5.92 Å². The first kappa shape index (κ1) is 15.5. The molecule has 1 fully saturated rings. The third kappa shape index (κ3) is 5.20. The standard InChI is InChI=1S/C13H14ClN3O3S/c14-9-3-1-2-4-10(9)20-7-11(18)15-13(21)17-16-12(19)8-5-6-8/h1-4,8H,5-7H2,(H,16,19)(H2,15,17,18,21). The van der Waals surface area contributed by atoms with Crippen molar-refractivity contribution in [1.29, 1.82) is 0 Å². The Morgan fingerprint density at radius 2 is 2.00 bits per heavy atom. The normalized spacial score (nSPS) is 13.2. The van der Waals surface area contributed by atoms with Crippen LogP contribution < -0.4 is 20.9 Å². The number of nitrogens with one attached hydrogen (secondary N) is 3. The van der Waals surface area contributed by atoms with Crippen LogP contribution in [0.15, 0.2) is 24.3 Å². The van der Waals surface area contributed by atoms with Crippen LogP contribution in [0.4, 0.5) is 0 Å². The van der Waals surface area contributed by atoms with Gasteiger partial charge in [-0.05, 0) is 37.2 Å². The Kier molecular flexibility index (Phi) is 5.35. The van der Waals surface area contributed by atoms with E-state index in [9.17, 15) is 9.59 Å². The number of amides is 2. The Morgan fingerprint density at radius 1 is 1.29 bits per heavy atom. The smallest absolute Gasteiger partial charge is 0.264 e. The Labute approximate surface area is 132 Å². The Bertz CT molecular complexity index is 563. The molecule has 0 bridgehead atoms. The van der Waals surface area contributed by atoms with Gasteiger partial charge in [0.15, 0.2) is 11.7 Å². The molecule has 0 aliphatic heterocycles. The van der Waals surface area contributed by atoms with E-state index < -0.39 is 5.91 Å². The van der Waals surface area contributed by atoms with E-state index in [1.165, 1.54) is 0 Å². The Balaban J connectivity index is 1.67. The summed E-state index contributed by atoms with van der Waals surface area (Å²) in [5, 5.41) is 2.81. The van der Waals surface area contributed by atoms with E-state index in [4.69, 9.17) is 28.6 Å². The molecule has 3 N–H and O–H groups in total. The van der Waals surface area contributed by atoms with Crippen molar-refractivity contribution in [2.75, 3.05) is 6.61 Å². The van der Waals surface area contributed by atoms with Crippen molar-refractivity contribution >= 4 is 40.7 Å². The number of hydrogen-bond donors (Lipinski definition) is 3. The summed E-state index contributed by atoms with van der Waals surface area (Å²) in [5.41, 5.74) is 4.89. The second-order valence-electron chi connectivity index (χ2n) is 4.48. The average Bonchev–Trinajstić information content (AvgIpc) is 3.28. The van der Waals surface area contributed by atoms with E-state index >= 15 is 0 Å². The third-order valence-corrected chi connectivity index (χ3v) is 3.21. The molecule has 1 aromatic rings. The molecule has 0 spiro atoms. The second kappa shape index (κ2) is 7.24. The van der Waals surface area contributed by atoms with Crippen LogP contribution >= 0.6 is 23.8 Å². The molecule has 2 amide bonds. The molecule has 0 heterocycles. The minimum Gasteiger partial charge on any atom is -0.482 e. The van der Waals surface area contributed by atoms with Gasteiger partial charge in [0.2, 0.25) is 5.91 Å². The summed E-state index contributed by atoms with van der Waals surface area (Å²) in [6.07, 6.45) is 1.77. The van der Waals surface area contributed by atoms with Crippen LogP contribution in [0.1, 0.15) is 12.8 Å². The predicted octanol–water partition coefficient (Wildman–Crippen LogP) is 1.15. The highest BCUT2D eigenvalue weighted by Gasteiger charge is 2.29. The molecule has 1 aromatic carbocycles. The topological polar surface area (TPSA) is 79.5 Å². The molecule has 8 heteroatoms. The van der Waals surface area contributed by atoms with Gasteiger partial charge in [-0.15, -0.1) is 0 Å². The van der Waals surface area contributed by atoms with Gasteiger partial charge in [-0.2, -0.15) is 0 Å². The Hall–Kier alpha value is -1.86. The van der Waals surface area contributed by atoms with Crippen LogP contribution in [0, 0.1) is 5.92 Å². The lowest BCUT2D eigenvalue weighted by Gasteiger charge is -2.11. The zero-order valence-electron chi connectivity index (χ0n) is 11.0. The van der Waals surface area contributed by atoms with E-state index in [2.05, 4.69) is 16.2 Å². The number of thiocarbonyl (C=S) groups is 1. The lowest BCUT2D eigenvalue weighted by molar-refractivity contribution is -0.123.